The Bertz CT molecular complexity index is 344. The maximum Gasteiger partial charge on any atom is 0.0312 e. The van der Waals surface area contributed by atoms with Crippen LogP contribution in [0.3, 0.4) is 0 Å². The molecule has 3 aliphatic heterocycles. The molecule has 3 aliphatic rings. The summed E-state index contributed by atoms with van der Waals surface area (Å²) in [6.45, 7) is 4.72. The summed E-state index contributed by atoms with van der Waals surface area (Å²) in [4.78, 5) is 6.80. The predicted octanol–water partition coefficient (Wildman–Crippen LogP) is 1.66. The van der Waals surface area contributed by atoms with E-state index in [1.54, 1.807) is 0 Å². The van der Waals surface area contributed by atoms with Crippen molar-refractivity contribution in [3.63, 3.8) is 0 Å². The van der Waals surface area contributed by atoms with Gasteiger partial charge < -0.3 is 5.32 Å². The molecule has 92 valence electrons. The van der Waals surface area contributed by atoms with Gasteiger partial charge in [-0.2, -0.15) is 0 Å². The monoisotopic (exact) mass is 231 g/mol. The molecule has 0 saturated carbocycles. The number of nitrogens with zero attached hydrogens (tertiary/aromatic N) is 2. The van der Waals surface area contributed by atoms with Crippen LogP contribution in [0.2, 0.25) is 0 Å². The molecule has 0 amide bonds. The zero-order chi connectivity index (χ0) is 11.5. The molecule has 0 aromatic carbocycles. The minimum Gasteiger partial charge on any atom is -0.311 e. The van der Waals surface area contributed by atoms with E-state index in [-0.39, 0.29) is 0 Å². The van der Waals surface area contributed by atoms with Gasteiger partial charge in [0.1, 0.15) is 0 Å². The molecule has 0 radical (unpaired) electrons. The average molecular weight is 231 g/mol. The number of hydrogen-bond donors (Lipinski definition) is 1. The fourth-order valence-electron chi connectivity index (χ4n) is 3.19. The van der Waals surface area contributed by atoms with Crippen molar-refractivity contribution in [2.24, 2.45) is 5.92 Å². The highest BCUT2D eigenvalue weighted by atomic mass is 15.2. The van der Waals surface area contributed by atoms with Gasteiger partial charge in [0.25, 0.3) is 0 Å². The third-order valence-corrected chi connectivity index (χ3v) is 4.20. The van der Waals surface area contributed by atoms with Gasteiger partial charge in [-0.05, 0) is 49.9 Å². The van der Waals surface area contributed by atoms with Crippen molar-refractivity contribution in [1.29, 1.82) is 0 Å². The second kappa shape index (κ2) is 5.15. The molecular formula is C14H21N3. The Hall–Kier alpha value is -0.930. The second-order valence-electron chi connectivity index (χ2n) is 5.36. The maximum absolute atomic E-state index is 4.14. The Morgan fingerprint density at radius 3 is 2.88 bits per heavy atom. The van der Waals surface area contributed by atoms with Gasteiger partial charge in [-0.3, -0.25) is 9.88 Å². The van der Waals surface area contributed by atoms with Crippen LogP contribution < -0.4 is 5.32 Å². The third kappa shape index (κ3) is 2.67. The molecule has 3 nitrogen and oxygen atoms in total. The largest absolute Gasteiger partial charge is 0.311 e. The molecule has 1 unspecified atom stereocenters. The smallest absolute Gasteiger partial charge is 0.0312 e. The zero-order valence-electron chi connectivity index (χ0n) is 10.3. The first kappa shape index (κ1) is 11.2. The molecule has 1 aromatic heterocycles. The third-order valence-electron chi connectivity index (χ3n) is 4.20. The van der Waals surface area contributed by atoms with Crippen LogP contribution >= 0.6 is 0 Å². The summed E-state index contributed by atoms with van der Waals surface area (Å²) >= 11 is 0. The minimum atomic E-state index is 0.777. The molecule has 3 heteroatoms. The van der Waals surface area contributed by atoms with E-state index in [9.17, 15) is 0 Å². The van der Waals surface area contributed by atoms with Crippen molar-refractivity contribution in [2.75, 3.05) is 19.6 Å². The van der Waals surface area contributed by atoms with E-state index in [2.05, 4.69) is 21.3 Å². The van der Waals surface area contributed by atoms with Crippen LogP contribution in [-0.4, -0.2) is 35.6 Å². The summed E-state index contributed by atoms with van der Waals surface area (Å²) in [5.74, 6) is 1.00. The number of fused-ring (bicyclic) bond motifs is 3. The first-order valence-electron chi connectivity index (χ1n) is 6.75. The average Bonchev–Trinajstić information content (AvgIpc) is 2.41. The summed E-state index contributed by atoms with van der Waals surface area (Å²) in [5, 5.41) is 3.57. The first-order chi connectivity index (χ1) is 8.42. The van der Waals surface area contributed by atoms with E-state index in [0.29, 0.717) is 0 Å². The van der Waals surface area contributed by atoms with E-state index in [4.69, 9.17) is 0 Å². The normalized spacial score (nSPS) is 31.6. The summed E-state index contributed by atoms with van der Waals surface area (Å²) < 4.78 is 0. The molecule has 3 fully saturated rings. The minimum absolute atomic E-state index is 0.777. The van der Waals surface area contributed by atoms with Crippen LogP contribution in [0, 0.1) is 5.92 Å². The lowest BCUT2D eigenvalue weighted by Crippen LogP contribution is -2.52. The molecule has 17 heavy (non-hydrogen) atoms. The van der Waals surface area contributed by atoms with Gasteiger partial charge in [-0.1, -0.05) is 6.07 Å². The standard InChI is InChI=1S/C14H21N3/c1-2-13(9-15-5-1)10-16-11-14-8-12-3-6-17(14)7-4-12/h1-2,5,9,12,14,16H,3-4,6-8,10-11H2. The molecule has 0 aliphatic carbocycles. The number of nitrogens with one attached hydrogen (secondary N) is 1. The number of pyridine rings is 1. The van der Waals surface area contributed by atoms with Crippen LogP contribution in [-0.2, 0) is 6.54 Å². The van der Waals surface area contributed by atoms with E-state index in [0.717, 1.165) is 25.0 Å². The Balaban J connectivity index is 1.46. The van der Waals surface area contributed by atoms with Crippen molar-refractivity contribution < 1.29 is 0 Å². The Labute approximate surface area is 103 Å². The highest BCUT2D eigenvalue weighted by molar-refractivity contribution is 5.07. The highest BCUT2D eigenvalue weighted by Crippen LogP contribution is 2.31. The molecule has 3 saturated heterocycles. The van der Waals surface area contributed by atoms with E-state index in [1.165, 1.54) is 37.9 Å². The van der Waals surface area contributed by atoms with Crippen LogP contribution in [0.5, 0.6) is 0 Å². The van der Waals surface area contributed by atoms with Crippen LogP contribution in [0.25, 0.3) is 0 Å². The number of aromatic nitrogens is 1. The van der Waals surface area contributed by atoms with Crippen LogP contribution in [0.4, 0.5) is 0 Å². The topological polar surface area (TPSA) is 28.2 Å². The molecule has 1 atom stereocenters. The quantitative estimate of drug-likeness (QED) is 0.854. The van der Waals surface area contributed by atoms with Crippen molar-refractivity contribution in [3.05, 3.63) is 30.1 Å². The highest BCUT2D eigenvalue weighted by Gasteiger charge is 2.32. The lowest BCUT2D eigenvalue weighted by molar-refractivity contribution is 0.0495. The zero-order valence-corrected chi connectivity index (χ0v) is 10.3. The van der Waals surface area contributed by atoms with Gasteiger partial charge in [-0.25, -0.2) is 0 Å². The van der Waals surface area contributed by atoms with Gasteiger partial charge in [0.15, 0.2) is 0 Å². The van der Waals surface area contributed by atoms with Gasteiger partial charge in [0.05, 0.1) is 0 Å². The summed E-state index contributed by atoms with van der Waals surface area (Å²) in [5.41, 5.74) is 1.28. The number of rotatable bonds is 4. The summed E-state index contributed by atoms with van der Waals surface area (Å²) in [6, 6.07) is 4.91. The van der Waals surface area contributed by atoms with E-state index >= 15 is 0 Å². The van der Waals surface area contributed by atoms with Gasteiger partial charge in [0.2, 0.25) is 0 Å². The van der Waals surface area contributed by atoms with Crippen molar-refractivity contribution in [2.45, 2.75) is 31.8 Å². The van der Waals surface area contributed by atoms with Gasteiger partial charge >= 0.3 is 0 Å². The summed E-state index contributed by atoms with van der Waals surface area (Å²) in [6.07, 6.45) is 8.04. The Kier molecular flexibility index (Phi) is 3.39. The Morgan fingerprint density at radius 1 is 1.35 bits per heavy atom. The van der Waals surface area contributed by atoms with E-state index in [1.807, 2.05) is 18.5 Å². The lowest BCUT2D eigenvalue weighted by atomic mass is 9.83. The van der Waals surface area contributed by atoms with Crippen molar-refractivity contribution >= 4 is 0 Å². The second-order valence-corrected chi connectivity index (χ2v) is 5.36. The number of piperidine rings is 3. The van der Waals surface area contributed by atoms with Crippen molar-refractivity contribution in [1.82, 2.24) is 15.2 Å². The molecule has 4 rings (SSSR count). The summed E-state index contributed by atoms with van der Waals surface area (Å²) in [7, 11) is 0. The molecule has 1 aromatic rings. The predicted molar refractivity (Wildman–Crippen MR) is 68.6 cm³/mol. The molecule has 0 spiro atoms. The molecule has 4 heterocycles. The fourth-order valence-corrected chi connectivity index (χ4v) is 3.19. The molecule has 1 N–H and O–H groups in total. The van der Waals surface area contributed by atoms with Crippen LogP contribution in [0.1, 0.15) is 24.8 Å². The Morgan fingerprint density at radius 2 is 2.24 bits per heavy atom. The maximum atomic E-state index is 4.14. The molecule has 2 bridgehead atoms. The SMILES string of the molecule is c1cncc(CNCC2CC3CCN2CC3)c1. The van der Waals surface area contributed by atoms with Gasteiger partial charge in [0, 0.05) is 31.5 Å². The number of hydrogen-bond acceptors (Lipinski definition) is 3. The van der Waals surface area contributed by atoms with E-state index < -0.39 is 0 Å². The molecular weight excluding hydrogens is 210 g/mol. The van der Waals surface area contributed by atoms with Crippen LogP contribution in [0.15, 0.2) is 24.5 Å². The van der Waals surface area contributed by atoms with Gasteiger partial charge in [-0.15, -0.1) is 0 Å². The van der Waals surface area contributed by atoms with Crippen molar-refractivity contribution in [3.8, 4) is 0 Å². The lowest BCUT2D eigenvalue weighted by Gasteiger charge is -2.45. The fraction of sp³-hybridized carbons (Fsp3) is 0.643. The first-order valence-corrected chi connectivity index (χ1v) is 6.75.